The maximum absolute atomic E-state index is 12.0. The molecule has 3 fully saturated rings. The van der Waals surface area contributed by atoms with Crippen molar-refractivity contribution >= 4 is 31.4 Å². The average Bonchev–Trinajstić information content (AvgIpc) is 3.23. The van der Waals surface area contributed by atoms with Crippen molar-refractivity contribution in [2.75, 3.05) is 72.6 Å². The van der Waals surface area contributed by atoms with Gasteiger partial charge < -0.3 is 13.7 Å². The highest BCUT2D eigenvalue weighted by atomic mass is 32.2. The first-order valence-electron chi connectivity index (χ1n) is 10.7. The maximum atomic E-state index is 12.0. The van der Waals surface area contributed by atoms with Gasteiger partial charge in [0.15, 0.2) is 0 Å². The quantitative estimate of drug-likeness (QED) is 0.191. The van der Waals surface area contributed by atoms with Crippen LogP contribution in [0.2, 0.25) is 0 Å². The molecule has 1 aromatic heterocycles. The van der Waals surface area contributed by atoms with E-state index in [2.05, 4.69) is 14.7 Å². The van der Waals surface area contributed by atoms with Crippen LogP contribution in [0.3, 0.4) is 0 Å². The number of benzene rings is 1. The van der Waals surface area contributed by atoms with Crippen LogP contribution in [0.5, 0.6) is 5.75 Å². The Kier molecular flexibility index (Phi) is 6.43. The molecule has 2 bridgehead atoms. The lowest BCUT2D eigenvalue weighted by atomic mass is 10.1. The molecule has 0 unspecified atom stereocenters. The molecule has 0 aliphatic carbocycles. The Bertz CT molecular complexity index is 1070. The second kappa shape index (κ2) is 8.93. The highest BCUT2D eigenvalue weighted by Crippen LogP contribution is 2.32. The number of piperazine rings is 3. The average molecular weight is 467 g/mol. The zero-order chi connectivity index (χ0) is 22.0. The Balaban J connectivity index is 1.31. The van der Waals surface area contributed by atoms with Gasteiger partial charge in [-0.2, -0.15) is 0 Å². The van der Waals surface area contributed by atoms with Crippen LogP contribution in [0.25, 0.3) is 20.5 Å². The number of thiophene rings is 1. The van der Waals surface area contributed by atoms with Gasteiger partial charge in [-0.3, -0.25) is 0 Å². The molecule has 3 saturated heterocycles. The summed E-state index contributed by atoms with van der Waals surface area (Å²) in [6.07, 6.45) is 0.968. The summed E-state index contributed by atoms with van der Waals surface area (Å²) in [4.78, 5) is 2.85. The number of sulfonamides is 1. The lowest BCUT2D eigenvalue weighted by Crippen LogP contribution is -2.75. The van der Waals surface area contributed by atoms with Crippen LogP contribution in [0.1, 0.15) is 6.42 Å². The number of ether oxygens (including phenoxy) is 1. The molecule has 0 spiro atoms. The highest BCUT2D eigenvalue weighted by molar-refractivity contribution is 7.91. The Labute approximate surface area is 187 Å². The number of quaternary nitrogens is 2. The van der Waals surface area contributed by atoms with E-state index in [4.69, 9.17) is 10.3 Å². The molecule has 2 aromatic rings. The van der Waals surface area contributed by atoms with Gasteiger partial charge in [-0.1, -0.05) is 5.11 Å². The lowest BCUT2D eigenvalue weighted by molar-refractivity contribution is -1.08. The van der Waals surface area contributed by atoms with Crippen LogP contribution in [-0.2, 0) is 10.0 Å². The molecule has 4 heterocycles. The largest absolute Gasteiger partial charge is 0.488 e. The van der Waals surface area contributed by atoms with Crippen LogP contribution < -0.4 is 9.46 Å². The number of nitrogens with one attached hydrogen (secondary N) is 1. The van der Waals surface area contributed by atoms with Crippen molar-refractivity contribution in [2.45, 2.75) is 10.6 Å². The first kappa shape index (κ1) is 22.3. The molecule has 9 nitrogen and oxygen atoms in total. The van der Waals surface area contributed by atoms with Crippen molar-refractivity contribution in [1.29, 1.82) is 0 Å². The summed E-state index contributed by atoms with van der Waals surface area (Å²) >= 11 is 1.27. The van der Waals surface area contributed by atoms with E-state index in [-0.39, 0.29) is 0 Å². The fourth-order valence-corrected chi connectivity index (χ4v) is 7.03. The molecule has 3 aliphatic rings. The lowest BCUT2D eigenvalue weighted by Gasteiger charge is -2.55. The molecule has 0 amide bonds. The summed E-state index contributed by atoms with van der Waals surface area (Å²) in [5.74, 6) is 0.786. The molecule has 31 heavy (non-hydrogen) atoms. The topological polar surface area (TPSA) is 104 Å². The fraction of sp³-hybridized carbons (Fsp3) is 0.600. The summed E-state index contributed by atoms with van der Waals surface area (Å²) in [5.41, 5.74) is 8.44. The van der Waals surface area contributed by atoms with Gasteiger partial charge in [-0.25, -0.2) is 13.1 Å². The smallest absolute Gasteiger partial charge is 0.249 e. The Morgan fingerprint density at radius 1 is 1.13 bits per heavy atom. The number of rotatable bonds is 10. The van der Waals surface area contributed by atoms with Crippen LogP contribution in [0, 0.1) is 0 Å². The summed E-state index contributed by atoms with van der Waals surface area (Å²) in [6.45, 7) is 10.5. The molecule has 1 aromatic carbocycles. The zero-order valence-corrected chi connectivity index (χ0v) is 19.5. The van der Waals surface area contributed by atoms with Gasteiger partial charge in [0.1, 0.15) is 62.4 Å². The SMILES string of the molecule is CNS(=O)(=O)c1cc2cc(OCC[N+]34CC[N+](CCCN=[N+]=[N-])(CC3)CC4)ccc2s1. The minimum Gasteiger partial charge on any atom is -0.488 e. The molecule has 11 heteroatoms. The Hall–Kier alpha value is -1.88. The third-order valence-electron chi connectivity index (χ3n) is 6.93. The van der Waals surface area contributed by atoms with Gasteiger partial charge in [-0.15, -0.1) is 11.3 Å². The molecule has 168 valence electrons. The van der Waals surface area contributed by atoms with E-state index in [0.717, 1.165) is 39.8 Å². The van der Waals surface area contributed by atoms with E-state index in [1.807, 2.05) is 18.2 Å². The van der Waals surface area contributed by atoms with Crippen LogP contribution in [0.4, 0.5) is 0 Å². The van der Waals surface area contributed by atoms with Crippen LogP contribution in [0.15, 0.2) is 33.6 Å². The van der Waals surface area contributed by atoms with Crippen LogP contribution in [-0.4, -0.2) is 89.9 Å². The second-order valence-corrected chi connectivity index (χ2v) is 11.8. The van der Waals surface area contributed by atoms with Gasteiger partial charge in [0.2, 0.25) is 10.0 Å². The van der Waals surface area contributed by atoms with E-state index in [0.29, 0.717) is 17.4 Å². The minimum absolute atomic E-state index is 0.322. The standard InChI is InChI=1S/C20H30N6O3S2/c1-22-31(27,28)20-16-17-15-18(3-4-19(17)30-20)29-14-13-26-10-7-25(8-11-26,9-12-26)6-2-5-23-24-21/h3-4,15-16,22H,2,5-14H2,1H3/q+2. The molecule has 0 radical (unpaired) electrons. The third kappa shape index (κ3) is 4.82. The van der Waals surface area contributed by atoms with Crippen molar-refractivity contribution < 1.29 is 22.1 Å². The minimum atomic E-state index is -3.42. The summed E-state index contributed by atoms with van der Waals surface area (Å²) in [5, 5.41) is 4.56. The number of fused-ring (bicyclic) bond motifs is 4. The van der Waals surface area contributed by atoms with Crippen LogP contribution >= 0.6 is 11.3 Å². The first-order valence-corrected chi connectivity index (χ1v) is 13.0. The first-order chi connectivity index (χ1) is 14.9. The normalized spacial score (nSPS) is 25.5. The summed E-state index contributed by atoms with van der Waals surface area (Å²) in [7, 11) is -2.00. The predicted molar refractivity (Wildman–Crippen MR) is 122 cm³/mol. The third-order valence-corrected chi connectivity index (χ3v) is 9.94. The molecule has 1 N–H and O–H groups in total. The van der Waals surface area contributed by atoms with Gasteiger partial charge >= 0.3 is 0 Å². The fourth-order valence-electron chi connectivity index (χ4n) is 4.81. The maximum Gasteiger partial charge on any atom is 0.249 e. The van der Waals surface area contributed by atoms with E-state index in [1.165, 1.54) is 62.1 Å². The molecular formula is C20H30N6O3S2+2. The Morgan fingerprint density at radius 3 is 2.45 bits per heavy atom. The van der Waals surface area contributed by atoms with Crippen molar-refractivity contribution in [1.82, 2.24) is 4.72 Å². The Morgan fingerprint density at radius 2 is 1.81 bits per heavy atom. The molecule has 5 rings (SSSR count). The van der Waals surface area contributed by atoms with E-state index in [9.17, 15) is 8.42 Å². The molecular weight excluding hydrogens is 436 g/mol. The predicted octanol–water partition coefficient (Wildman–Crippen LogP) is 2.55. The van der Waals surface area contributed by atoms with Crippen molar-refractivity contribution in [3.05, 3.63) is 34.7 Å². The van der Waals surface area contributed by atoms with E-state index < -0.39 is 10.0 Å². The molecule has 3 aliphatic heterocycles. The molecule has 0 saturated carbocycles. The number of hydrogen-bond acceptors (Lipinski definition) is 5. The van der Waals surface area contributed by atoms with Gasteiger partial charge in [-0.05, 0) is 42.2 Å². The van der Waals surface area contributed by atoms with Crippen molar-refractivity contribution in [2.24, 2.45) is 5.11 Å². The molecule has 0 atom stereocenters. The van der Waals surface area contributed by atoms with Gasteiger partial charge in [0, 0.05) is 22.6 Å². The number of hydrogen-bond donors (Lipinski definition) is 1. The summed E-state index contributed by atoms with van der Waals surface area (Å²) in [6, 6.07) is 7.49. The highest BCUT2D eigenvalue weighted by Gasteiger charge is 2.48. The zero-order valence-electron chi connectivity index (χ0n) is 17.9. The van der Waals surface area contributed by atoms with Gasteiger partial charge in [0.05, 0.1) is 6.54 Å². The number of azide groups is 1. The monoisotopic (exact) mass is 466 g/mol. The van der Waals surface area contributed by atoms with Crippen molar-refractivity contribution in [3.8, 4) is 5.75 Å². The van der Waals surface area contributed by atoms with Gasteiger partial charge in [0.25, 0.3) is 0 Å². The van der Waals surface area contributed by atoms with E-state index in [1.54, 1.807) is 6.07 Å². The van der Waals surface area contributed by atoms with Crippen molar-refractivity contribution in [3.63, 3.8) is 0 Å². The van der Waals surface area contributed by atoms with E-state index >= 15 is 0 Å². The second-order valence-electron chi connectivity index (χ2n) is 8.60. The number of nitrogens with zero attached hydrogens (tertiary/aromatic N) is 5. The summed E-state index contributed by atoms with van der Waals surface area (Å²) < 4.78 is 36.1.